The van der Waals surface area contributed by atoms with E-state index in [0.29, 0.717) is 22.8 Å². The minimum Gasteiger partial charge on any atom is -0.370 e. The summed E-state index contributed by atoms with van der Waals surface area (Å²) in [6.45, 7) is 7.71. The Morgan fingerprint density at radius 1 is 1.31 bits per heavy atom. The SMILES string of the molecule is C[C@@H]1CN(c2ccc(C#N)c3ncccc23)C[C@H]1C(=O)N1CCC2(CCNC2)C1. The van der Waals surface area contributed by atoms with Crippen LogP contribution in [0, 0.1) is 28.6 Å². The fourth-order valence-electron chi connectivity index (χ4n) is 5.51. The van der Waals surface area contributed by atoms with Crippen LogP contribution in [0.1, 0.15) is 25.3 Å². The molecule has 6 nitrogen and oxygen atoms in total. The van der Waals surface area contributed by atoms with Crippen LogP contribution in [0.5, 0.6) is 0 Å². The molecule has 3 fully saturated rings. The molecular weight excluding hydrogens is 362 g/mol. The summed E-state index contributed by atoms with van der Waals surface area (Å²) in [5, 5.41) is 13.9. The van der Waals surface area contributed by atoms with Gasteiger partial charge in [0.05, 0.1) is 17.0 Å². The first kappa shape index (κ1) is 18.4. The Bertz CT molecular complexity index is 990. The van der Waals surface area contributed by atoms with Crippen LogP contribution in [0.15, 0.2) is 30.5 Å². The summed E-state index contributed by atoms with van der Waals surface area (Å²) in [4.78, 5) is 22.2. The monoisotopic (exact) mass is 389 g/mol. The van der Waals surface area contributed by atoms with Crippen molar-refractivity contribution in [2.75, 3.05) is 44.2 Å². The number of carbonyl (C=O) groups is 1. The van der Waals surface area contributed by atoms with Crippen molar-refractivity contribution in [3.8, 4) is 6.07 Å². The molecule has 1 spiro atoms. The number of hydrogen-bond acceptors (Lipinski definition) is 5. The smallest absolute Gasteiger partial charge is 0.227 e. The zero-order chi connectivity index (χ0) is 20.0. The molecule has 1 amide bonds. The maximum Gasteiger partial charge on any atom is 0.227 e. The number of anilines is 1. The molecule has 0 saturated carbocycles. The van der Waals surface area contributed by atoms with Gasteiger partial charge in [-0.3, -0.25) is 9.78 Å². The topological polar surface area (TPSA) is 72.3 Å². The normalized spacial score (nSPS) is 29.1. The van der Waals surface area contributed by atoms with E-state index in [1.165, 1.54) is 6.42 Å². The summed E-state index contributed by atoms with van der Waals surface area (Å²) in [6.07, 6.45) is 4.04. The summed E-state index contributed by atoms with van der Waals surface area (Å²) in [5.74, 6) is 0.657. The Kier molecular flexibility index (Phi) is 4.44. The van der Waals surface area contributed by atoms with Crippen LogP contribution in [0.2, 0.25) is 0 Å². The number of nitrogens with one attached hydrogen (secondary N) is 1. The second kappa shape index (κ2) is 7.00. The van der Waals surface area contributed by atoms with Gasteiger partial charge in [-0.15, -0.1) is 0 Å². The van der Waals surface area contributed by atoms with E-state index in [4.69, 9.17) is 0 Å². The summed E-state index contributed by atoms with van der Waals surface area (Å²) in [5.41, 5.74) is 2.72. The number of nitriles is 1. The van der Waals surface area contributed by atoms with Crippen LogP contribution in [0.3, 0.4) is 0 Å². The van der Waals surface area contributed by atoms with Crippen molar-refractivity contribution in [2.24, 2.45) is 17.3 Å². The molecule has 29 heavy (non-hydrogen) atoms. The van der Waals surface area contributed by atoms with Gasteiger partial charge in [0.15, 0.2) is 0 Å². The van der Waals surface area contributed by atoms with Crippen molar-refractivity contribution in [1.29, 1.82) is 5.26 Å². The summed E-state index contributed by atoms with van der Waals surface area (Å²) in [7, 11) is 0. The first-order valence-electron chi connectivity index (χ1n) is 10.6. The van der Waals surface area contributed by atoms with E-state index in [-0.39, 0.29) is 5.92 Å². The number of pyridine rings is 1. The quantitative estimate of drug-likeness (QED) is 0.854. The largest absolute Gasteiger partial charge is 0.370 e. The lowest BCUT2D eigenvalue weighted by Gasteiger charge is -2.26. The molecule has 1 aromatic heterocycles. The third-order valence-electron chi connectivity index (χ3n) is 7.22. The lowest BCUT2D eigenvalue weighted by atomic mass is 9.86. The number of hydrogen-bond donors (Lipinski definition) is 1. The van der Waals surface area contributed by atoms with Crippen molar-refractivity contribution < 1.29 is 4.79 Å². The van der Waals surface area contributed by atoms with Crippen molar-refractivity contribution in [3.05, 3.63) is 36.0 Å². The highest BCUT2D eigenvalue weighted by molar-refractivity contribution is 5.95. The maximum absolute atomic E-state index is 13.4. The predicted molar refractivity (Wildman–Crippen MR) is 112 cm³/mol. The number of benzene rings is 1. The molecule has 1 unspecified atom stereocenters. The summed E-state index contributed by atoms with van der Waals surface area (Å²) >= 11 is 0. The van der Waals surface area contributed by atoms with Crippen LogP contribution in [0.4, 0.5) is 5.69 Å². The molecule has 3 saturated heterocycles. The van der Waals surface area contributed by atoms with Gasteiger partial charge in [0.2, 0.25) is 5.91 Å². The Balaban J connectivity index is 1.37. The van der Waals surface area contributed by atoms with Crippen LogP contribution in [-0.4, -0.2) is 55.1 Å². The van der Waals surface area contributed by atoms with Gasteiger partial charge < -0.3 is 15.1 Å². The molecule has 2 aromatic rings. The molecule has 0 radical (unpaired) electrons. The molecule has 1 N–H and O–H groups in total. The average Bonchev–Trinajstić information content (AvgIpc) is 3.48. The van der Waals surface area contributed by atoms with Gasteiger partial charge >= 0.3 is 0 Å². The Labute approximate surface area is 171 Å². The van der Waals surface area contributed by atoms with E-state index in [2.05, 4.69) is 33.1 Å². The number of carbonyl (C=O) groups excluding carboxylic acids is 1. The van der Waals surface area contributed by atoms with E-state index in [0.717, 1.165) is 62.3 Å². The number of amides is 1. The number of aromatic nitrogens is 1. The Morgan fingerprint density at radius 3 is 3.00 bits per heavy atom. The molecule has 3 aliphatic rings. The first-order chi connectivity index (χ1) is 14.1. The number of nitrogens with zero attached hydrogens (tertiary/aromatic N) is 4. The van der Waals surface area contributed by atoms with Crippen LogP contribution in [-0.2, 0) is 4.79 Å². The summed E-state index contributed by atoms with van der Waals surface area (Å²) in [6, 6.07) is 10.0. The highest BCUT2D eigenvalue weighted by atomic mass is 16.2. The summed E-state index contributed by atoms with van der Waals surface area (Å²) < 4.78 is 0. The Morgan fingerprint density at radius 2 is 2.21 bits per heavy atom. The second-order valence-electron chi connectivity index (χ2n) is 9.07. The van der Waals surface area contributed by atoms with Gasteiger partial charge in [-0.1, -0.05) is 6.92 Å². The molecule has 3 atom stereocenters. The van der Waals surface area contributed by atoms with E-state index in [1.54, 1.807) is 6.20 Å². The van der Waals surface area contributed by atoms with Crippen molar-refractivity contribution in [1.82, 2.24) is 15.2 Å². The van der Waals surface area contributed by atoms with E-state index < -0.39 is 0 Å². The molecule has 1 aromatic carbocycles. The third-order valence-corrected chi connectivity index (χ3v) is 7.22. The average molecular weight is 390 g/mol. The van der Waals surface area contributed by atoms with Crippen molar-refractivity contribution in [3.63, 3.8) is 0 Å². The minimum atomic E-state index is 0.0295. The molecular formula is C23H27N5O. The van der Waals surface area contributed by atoms with Crippen LogP contribution < -0.4 is 10.2 Å². The molecule has 4 heterocycles. The van der Waals surface area contributed by atoms with Crippen molar-refractivity contribution >= 4 is 22.5 Å². The van der Waals surface area contributed by atoms with Gasteiger partial charge in [0.1, 0.15) is 6.07 Å². The molecule has 150 valence electrons. The van der Waals surface area contributed by atoms with Crippen LogP contribution >= 0.6 is 0 Å². The second-order valence-corrected chi connectivity index (χ2v) is 9.07. The molecule has 0 aliphatic carbocycles. The van der Waals surface area contributed by atoms with Crippen LogP contribution in [0.25, 0.3) is 10.9 Å². The van der Waals surface area contributed by atoms with E-state index in [1.807, 2.05) is 24.3 Å². The minimum absolute atomic E-state index is 0.0295. The first-order valence-corrected chi connectivity index (χ1v) is 10.6. The van der Waals surface area contributed by atoms with Gasteiger partial charge in [-0.05, 0) is 49.6 Å². The highest BCUT2D eigenvalue weighted by Crippen LogP contribution is 2.39. The van der Waals surface area contributed by atoms with Gasteiger partial charge in [0, 0.05) is 55.4 Å². The zero-order valence-electron chi connectivity index (χ0n) is 16.9. The number of fused-ring (bicyclic) bond motifs is 1. The Hall–Kier alpha value is -2.65. The van der Waals surface area contributed by atoms with Gasteiger partial charge in [0.25, 0.3) is 0 Å². The highest BCUT2D eigenvalue weighted by Gasteiger charge is 2.45. The molecule has 5 rings (SSSR count). The van der Waals surface area contributed by atoms with E-state index >= 15 is 0 Å². The molecule has 3 aliphatic heterocycles. The number of rotatable bonds is 2. The predicted octanol–water partition coefficient (Wildman–Crippen LogP) is 2.39. The third kappa shape index (κ3) is 3.05. The maximum atomic E-state index is 13.4. The fourth-order valence-corrected chi connectivity index (χ4v) is 5.51. The number of likely N-dealkylation sites (tertiary alicyclic amines) is 1. The van der Waals surface area contributed by atoms with Gasteiger partial charge in [-0.2, -0.15) is 5.26 Å². The molecule has 6 heteroatoms. The van der Waals surface area contributed by atoms with Gasteiger partial charge in [-0.25, -0.2) is 0 Å². The fraction of sp³-hybridized carbons (Fsp3) is 0.522. The lowest BCUT2D eigenvalue weighted by molar-refractivity contribution is -0.135. The van der Waals surface area contributed by atoms with Crippen molar-refractivity contribution in [2.45, 2.75) is 19.8 Å². The molecule has 0 bridgehead atoms. The van der Waals surface area contributed by atoms with E-state index in [9.17, 15) is 10.1 Å². The lowest BCUT2D eigenvalue weighted by Crippen LogP contribution is -2.39. The standard InChI is InChI=1S/C23H27N5O/c1-16-12-28(20-5-4-17(11-24)21-18(20)3-2-8-26-21)13-19(16)22(29)27-10-7-23(15-27)6-9-25-14-23/h2-5,8,16,19,25H,6-7,9-10,12-15H2,1H3/t16-,19-,23?/m1/s1. The zero-order valence-corrected chi connectivity index (χ0v) is 16.9.